The molecule has 0 amide bonds. The molecular weight excluding hydrogens is 807 g/mol. The molecule has 0 N–H and O–H groups in total. The molecule has 0 fully saturated rings. The van der Waals surface area contributed by atoms with Gasteiger partial charge in [0.15, 0.2) is 17.5 Å². The third-order valence-corrected chi connectivity index (χ3v) is 14.1. The van der Waals surface area contributed by atoms with Gasteiger partial charge in [0.05, 0.1) is 0 Å². The number of rotatable bonds is 6. The second-order valence-corrected chi connectivity index (χ2v) is 17.8. The van der Waals surface area contributed by atoms with Gasteiger partial charge in [-0.25, -0.2) is 15.0 Å². The van der Waals surface area contributed by atoms with Gasteiger partial charge in [-0.15, -0.1) is 11.3 Å². The largest absolute Gasteiger partial charge is 0.208 e. The van der Waals surface area contributed by atoms with Crippen molar-refractivity contribution in [3.63, 3.8) is 0 Å². The predicted octanol–water partition coefficient (Wildman–Crippen LogP) is 16.9. The van der Waals surface area contributed by atoms with Crippen LogP contribution in [0.1, 0.15) is 0 Å². The Hall–Kier alpha value is -8.31. The van der Waals surface area contributed by atoms with Crippen LogP contribution in [0.5, 0.6) is 0 Å². The zero-order valence-corrected chi connectivity index (χ0v) is 35.9. The fourth-order valence-corrected chi connectivity index (χ4v) is 10.9. The molecule has 11 aromatic carbocycles. The summed E-state index contributed by atoms with van der Waals surface area (Å²) in [6.07, 6.45) is 0. The zero-order valence-electron chi connectivity index (χ0n) is 35.1. The molecule has 0 unspecified atom stereocenters. The van der Waals surface area contributed by atoms with Crippen LogP contribution in [0.15, 0.2) is 224 Å². The van der Waals surface area contributed by atoms with Crippen LogP contribution in [0.4, 0.5) is 0 Å². The lowest BCUT2D eigenvalue weighted by atomic mass is 9.92. The molecule has 302 valence electrons. The molecule has 13 aromatic rings. The molecule has 2 aromatic heterocycles. The molecule has 4 heteroatoms. The van der Waals surface area contributed by atoms with E-state index in [1.165, 1.54) is 64.0 Å². The number of aromatic nitrogens is 3. The fraction of sp³-hybridized carbons (Fsp3) is 0. The Labute approximate surface area is 379 Å². The van der Waals surface area contributed by atoms with E-state index >= 15 is 0 Å². The molecule has 0 aliphatic carbocycles. The van der Waals surface area contributed by atoms with Crippen LogP contribution in [-0.2, 0) is 0 Å². The van der Waals surface area contributed by atoms with Crippen LogP contribution in [0.3, 0.4) is 0 Å². The third-order valence-electron chi connectivity index (χ3n) is 12.9. The molecular formula is C61H37N3S. The lowest BCUT2D eigenvalue weighted by Gasteiger charge is -2.15. The van der Waals surface area contributed by atoms with Gasteiger partial charge in [0.1, 0.15) is 0 Å². The smallest absolute Gasteiger partial charge is 0.165 e. The van der Waals surface area contributed by atoms with E-state index in [2.05, 4.69) is 224 Å². The van der Waals surface area contributed by atoms with Gasteiger partial charge in [0.25, 0.3) is 0 Å². The van der Waals surface area contributed by atoms with Crippen molar-refractivity contribution in [3.05, 3.63) is 224 Å². The standard InChI is InChI=1S/C61H37N3S/c1-2-13-38(14-3-1)42-28-25-40-27-30-44(37-45(40)36-42)47-32-34-55(51-20-9-7-18-49(47)51)60-62-59(63-61(64-60)56-23-12-22-53-52-21-10-11-24-57(52)65-58(53)56)54-33-31-46(48-17-6-8-19-50(48)54)43-29-26-39-15-4-5-16-41(39)35-43/h1-37H. The maximum absolute atomic E-state index is 5.43. The zero-order chi connectivity index (χ0) is 42.8. The highest BCUT2D eigenvalue weighted by molar-refractivity contribution is 7.26. The highest BCUT2D eigenvalue weighted by Gasteiger charge is 2.20. The Morgan fingerprint density at radius 1 is 0.246 bits per heavy atom. The van der Waals surface area contributed by atoms with Crippen LogP contribution in [0, 0.1) is 0 Å². The topological polar surface area (TPSA) is 38.7 Å². The number of nitrogens with zero attached hydrogens (tertiary/aromatic N) is 3. The van der Waals surface area contributed by atoms with E-state index in [1.807, 2.05) is 0 Å². The van der Waals surface area contributed by atoms with Gasteiger partial charge in [-0.2, -0.15) is 0 Å². The number of hydrogen-bond donors (Lipinski definition) is 0. The van der Waals surface area contributed by atoms with Gasteiger partial charge >= 0.3 is 0 Å². The summed E-state index contributed by atoms with van der Waals surface area (Å²) < 4.78 is 2.41. The Bertz CT molecular complexity index is 4020. The Kier molecular flexibility index (Phi) is 8.71. The number of thiophene rings is 1. The fourth-order valence-electron chi connectivity index (χ4n) is 9.73. The van der Waals surface area contributed by atoms with E-state index in [4.69, 9.17) is 15.0 Å². The van der Waals surface area contributed by atoms with Gasteiger partial charge in [0, 0.05) is 36.9 Å². The maximum Gasteiger partial charge on any atom is 0.165 e. The lowest BCUT2D eigenvalue weighted by Crippen LogP contribution is -2.01. The van der Waals surface area contributed by atoms with E-state index < -0.39 is 0 Å². The van der Waals surface area contributed by atoms with Crippen molar-refractivity contribution in [2.45, 2.75) is 0 Å². The molecule has 0 aliphatic heterocycles. The minimum absolute atomic E-state index is 0.638. The van der Waals surface area contributed by atoms with E-state index in [1.54, 1.807) is 11.3 Å². The highest BCUT2D eigenvalue weighted by atomic mass is 32.1. The van der Waals surface area contributed by atoms with Crippen molar-refractivity contribution in [1.82, 2.24) is 15.0 Å². The van der Waals surface area contributed by atoms with Crippen molar-refractivity contribution >= 4 is 74.6 Å². The molecule has 0 atom stereocenters. The first-order chi connectivity index (χ1) is 32.2. The van der Waals surface area contributed by atoms with Gasteiger partial charge in [-0.05, 0) is 119 Å². The highest BCUT2D eigenvalue weighted by Crippen LogP contribution is 2.42. The molecule has 0 saturated carbocycles. The SMILES string of the molecule is c1ccc(-c2ccc3ccc(-c4ccc(-c5nc(-c6ccc(-c7ccc8ccccc8c7)c7ccccc67)nc(-c6cccc7c6sc6ccccc67)n5)c5ccccc45)cc3c2)cc1. The number of fused-ring (bicyclic) bond motifs is 7. The first-order valence-electron chi connectivity index (χ1n) is 22.0. The first-order valence-corrected chi connectivity index (χ1v) is 22.8. The summed E-state index contributed by atoms with van der Waals surface area (Å²) in [5.74, 6) is 1.93. The van der Waals surface area contributed by atoms with Crippen molar-refractivity contribution in [2.24, 2.45) is 0 Å². The molecule has 0 bridgehead atoms. The second-order valence-electron chi connectivity index (χ2n) is 16.7. The van der Waals surface area contributed by atoms with E-state index in [0.717, 1.165) is 49.4 Å². The quantitative estimate of drug-likeness (QED) is 0.167. The molecule has 65 heavy (non-hydrogen) atoms. The Balaban J connectivity index is 1.01. The van der Waals surface area contributed by atoms with Gasteiger partial charge in [-0.1, -0.05) is 182 Å². The normalized spacial score (nSPS) is 11.7. The van der Waals surface area contributed by atoms with Crippen LogP contribution in [0.2, 0.25) is 0 Å². The predicted molar refractivity (Wildman–Crippen MR) is 275 cm³/mol. The Morgan fingerprint density at radius 2 is 0.692 bits per heavy atom. The van der Waals surface area contributed by atoms with E-state index in [9.17, 15) is 0 Å². The van der Waals surface area contributed by atoms with Crippen molar-refractivity contribution in [2.75, 3.05) is 0 Å². The molecule has 2 heterocycles. The average Bonchev–Trinajstić information content (AvgIpc) is 3.77. The third kappa shape index (κ3) is 6.37. The minimum Gasteiger partial charge on any atom is -0.208 e. The van der Waals surface area contributed by atoms with Crippen LogP contribution < -0.4 is 0 Å². The minimum atomic E-state index is 0.638. The van der Waals surface area contributed by atoms with Crippen molar-refractivity contribution in [1.29, 1.82) is 0 Å². The monoisotopic (exact) mass is 843 g/mol. The van der Waals surface area contributed by atoms with E-state index in [-0.39, 0.29) is 0 Å². The van der Waals surface area contributed by atoms with E-state index in [0.29, 0.717) is 17.5 Å². The van der Waals surface area contributed by atoms with Crippen LogP contribution in [0.25, 0.3) is 131 Å². The van der Waals surface area contributed by atoms with Gasteiger partial charge in [-0.3, -0.25) is 0 Å². The second kappa shape index (κ2) is 15.2. The molecule has 0 spiro atoms. The summed E-state index contributed by atoms with van der Waals surface area (Å²) in [5.41, 5.74) is 10.0. The molecule has 0 radical (unpaired) electrons. The lowest BCUT2D eigenvalue weighted by molar-refractivity contribution is 1.08. The van der Waals surface area contributed by atoms with Crippen LogP contribution >= 0.6 is 11.3 Å². The number of benzene rings is 11. The Morgan fingerprint density at radius 3 is 1.34 bits per heavy atom. The van der Waals surface area contributed by atoms with Gasteiger partial charge in [0.2, 0.25) is 0 Å². The maximum atomic E-state index is 5.43. The summed E-state index contributed by atoms with van der Waals surface area (Å²) in [6, 6.07) is 80.7. The van der Waals surface area contributed by atoms with Gasteiger partial charge < -0.3 is 0 Å². The summed E-state index contributed by atoms with van der Waals surface area (Å²) in [7, 11) is 0. The molecule has 0 aliphatic rings. The summed E-state index contributed by atoms with van der Waals surface area (Å²) in [5, 5.41) is 11.8. The average molecular weight is 844 g/mol. The van der Waals surface area contributed by atoms with Crippen molar-refractivity contribution in [3.8, 4) is 67.5 Å². The summed E-state index contributed by atoms with van der Waals surface area (Å²) >= 11 is 1.79. The summed E-state index contributed by atoms with van der Waals surface area (Å²) in [4.78, 5) is 16.2. The number of hydrogen-bond acceptors (Lipinski definition) is 4. The molecule has 13 rings (SSSR count). The van der Waals surface area contributed by atoms with Crippen LogP contribution in [-0.4, -0.2) is 15.0 Å². The summed E-state index contributed by atoms with van der Waals surface area (Å²) in [6.45, 7) is 0. The van der Waals surface area contributed by atoms with Crippen molar-refractivity contribution < 1.29 is 0 Å². The molecule has 3 nitrogen and oxygen atoms in total. The first kappa shape index (κ1) is 37.3. The molecule has 0 saturated heterocycles.